The molecular formula is C26H21NO4. The Morgan fingerprint density at radius 3 is 2.29 bits per heavy atom. The van der Waals surface area contributed by atoms with Crippen LogP contribution in [0.4, 0.5) is 5.69 Å². The predicted octanol–water partition coefficient (Wildman–Crippen LogP) is 5.04. The molecule has 154 valence electrons. The molecule has 0 radical (unpaired) electrons. The fourth-order valence-electron chi connectivity index (χ4n) is 3.40. The van der Waals surface area contributed by atoms with Crippen molar-refractivity contribution in [1.82, 2.24) is 0 Å². The van der Waals surface area contributed by atoms with Crippen molar-refractivity contribution in [3.63, 3.8) is 0 Å². The smallest absolute Gasteiger partial charge is 0.338 e. The van der Waals surface area contributed by atoms with Gasteiger partial charge in [-0.1, -0.05) is 42.5 Å². The summed E-state index contributed by atoms with van der Waals surface area (Å²) in [4.78, 5) is 26.8. The van der Waals surface area contributed by atoms with Crippen LogP contribution in [0.2, 0.25) is 0 Å². The van der Waals surface area contributed by atoms with Crippen LogP contribution in [0.25, 0.3) is 11.8 Å². The minimum Gasteiger partial charge on any atom is -0.508 e. The van der Waals surface area contributed by atoms with Crippen molar-refractivity contribution >= 4 is 29.3 Å². The molecule has 0 saturated carbocycles. The number of phenols is 1. The minimum atomic E-state index is -0.372. The van der Waals surface area contributed by atoms with Crippen molar-refractivity contribution < 1.29 is 19.4 Å². The maximum absolute atomic E-state index is 13.3. The van der Waals surface area contributed by atoms with E-state index in [0.717, 1.165) is 16.8 Å². The zero-order valence-electron chi connectivity index (χ0n) is 17.0. The monoisotopic (exact) mass is 411 g/mol. The summed E-state index contributed by atoms with van der Waals surface area (Å²) < 4.78 is 5.01. The first-order valence-electron chi connectivity index (χ1n) is 9.96. The van der Waals surface area contributed by atoms with Gasteiger partial charge in [-0.2, -0.15) is 0 Å². The minimum absolute atomic E-state index is 0.137. The molecule has 1 aliphatic rings. The number of anilines is 1. The van der Waals surface area contributed by atoms with Crippen molar-refractivity contribution in [1.29, 1.82) is 0 Å². The van der Waals surface area contributed by atoms with E-state index >= 15 is 0 Å². The molecule has 0 aliphatic carbocycles. The Balaban J connectivity index is 1.71. The highest BCUT2D eigenvalue weighted by Gasteiger charge is 2.30. The highest BCUT2D eigenvalue weighted by molar-refractivity contribution is 6.23. The SMILES string of the molecule is CCOC(=O)c1ccc(/C=C2\C=C(c3ccccc3)N(c3ccc(O)cc3)C2=O)cc1. The van der Waals surface area contributed by atoms with Gasteiger partial charge in [0.2, 0.25) is 0 Å². The predicted molar refractivity (Wildman–Crippen MR) is 120 cm³/mol. The first-order chi connectivity index (χ1) is 15.1. The van der Waals surface area contributed by atoms with Crippen LogP contribution in [0.3, 0.4) is 0 Å². The van der Waals surface area contributed by atoms with Gasteiger partial charge in [0.05, 0.1) is 17.9 Å². The van der Waals surface area contributed by atoms with Gasteiger partial charge in [0.15, 0.2) is 0 Å². The van der Waals surface area contributed by atoms with E-state index in [-0.39, 0.29) is 17.6 Å². The van der Waals surface area contributed by atoms with E-state index in [2.05, 4.69) is 0 Å². The molecule has 0 spiro atoms. The summed E-state index contributed by atoms with van der Waals surface area (Å²) in [5.41, 5.74) is 4.12. The van der Waals surface area contributed by atoms with Crippen LogP contribution in [0.1, 0.15) is 28.4 Å². The number of aromatic hydroxyl groups is 1. The molecule has 1 heterocycles. The lowest BCUT2D eigenvalue weighted by atomic mass is 10.1. The number of amides is 1. The number of hydrogen-bond acceptors (Lipinski definition) is 4. The van der Waals surface area contributed by atoms with E-state index < -0.39 is 0 Å². The first-order valence-corrected chi connectivity index (χ1v) is 9.96. The Bertz CT molecular complexity index is 1160. The molecule has 4 rings (SSSR count). The van der Waals surface area contributed by atoms with Gasteiger partial charge in [0, 0.05) is 11.3 Å². The molecular weight excluding hydrogens is 390 g/mol. The maximum Gasteiger partial charge on any atom is 0.338 e. The fraction of sp³-hybridized carbons (Fsp3) is 0.0769. The second-order valence-corrected chi connectivity index (χ2v) is 6.99. The Morgan fingerprint density at radius 1 is 0.968 bits per heavy atom. The quantitative estimate of drug-likeness (QED) is 0.472. The molecule has 3 aromatic rings. The largest absolute Gasteiger partial charge is 0.508 e. The van der Waals surface area contributed by atoms with Crippen molar-refractivity contribution in [2.45, 2.75) is 6.92 Å². The molecule has 5 heteroatoms. The Morgan fingerprint density at radius 2 is 1.65 bits per heavy atom. The number of rotatable bonds is 5. The number of carbonyl (C=O) groups excluding carboxylic acids is 2. The van der Waals surface area contributed by atoms with Crippen LogP contribution in [0, 0.1) is 0 Å². The molecule has 31 heavy (non-hydrogen) atoms. The third kappa shape index (κ3) is 4.26. The molecule has 0 bridgehead atoms. The van der Waals surface area contributed by atoms with E-state index in [9.17, 15) is 14.7 Å². The Kier molecular flexibility index (Phi) is 5.67. The average molecular weight is 411 g/mol. The Hall–Kier alpha value is -4.12. The van der Waals surface area contributed by atoms with Crippen molar-refractivity contribution in [3.8, 4) is 5.75 Å². The number of hydrogen-bond donors (Lipinski definition) is 1. The third-order valence-corrected chi connectivity index (χ3v) is 4.90. The van der Waals surface area contributed by atoms with E-state index in [4.69, 9.17) is 4.74 Å². The summed E-state index contributed by atoms with van der Waals surface area (Å²) in [6, 6.07) is 23.1. The van der Waals surface area contributed by atoms with E-state index in [1.807, 2.05) is 36.4 Å². The van der Waals surface area contributed by atoms with Gasteiger partial charge in [0.25, 0.3) is 5.91 Å². The van der Waals surface area contributed by atoms with Gasteiger partial charge in [-0.3, -0.25) is 9.69 Å². The fourth-order valence-corrected chi connectivity index (χ4v) is 3.40. The Labute approximate surface area is 180 Å². The lowest BCUT2D eigenvalue weighted by Gasteiger charge is -2.20. The van der Waals surface area contributed by atoms with Gasteiger partial charge in [-0.15, -0.1) is 0 Å². The molecule has 0 fully saturated rings. The number of phenolic OH excluding ortho intramolecular Hbond substituents is 1. The van der Waals surface area contributed by atoms with Crippen LogP contribution in [-0.2, 0) is 9.53 Å². The zero-order chi connectivity index (χ0) is 21.8. The summed E-state index contributed by atoms with van der Waals surface area (Å²) in [5, 5.41) is 9.63. The molecule has 0 unspecified atom stereocenters. The lowest BCUT2D eigenvalue weighted by Crippen LogP contribution is -2.24. The van der Waals surface area contributed by atoms with Crippen LogP contribution >= 0.6 is 0 Å². The average Bonchev–Trinajstić information content (AvgIpc) is 3.11. The van der Waals surface area contributed by atoms with E-state index in [1.54, 1.807) is 66.4 Å². The van der Waals surface area contributed by atoms with Crippen LogP contribution < -0.4 is 4.90 Å². The second-order valence-electron chi connectivity index (χ2n) is 6.99. The second kappa shape index (κ2) is 8.71. The highest BCUT2D eigenvalue weighted by Crippen LogP contribution is 2.35. The van der Waals surface area contributed by atoms with Gasteiger partial charge in [-0.05, 0) is 66.6 Å². The number of carbonyl (C=O) groups is 2. The summed E-state index contributed by atoms with van der Waals surface area (Å²) in [7, 11) is 0. The summed E-state index contributed by atoms with van der Waals surface area (Å²) in [6.07, 6.45) is 3.64. The topological polar surface area (TPSA) is 66.8 Å². The highest BCUT2D eigenvalue weighted by atomic mass is 16.5. The van der Waals surface area contributed by atoms with E-state index in [1.165, 1.54) is 0 Å². The van der Waals surface area contributed by atoms with Gasteiger partial charge >= 0.3 is 5.97 Å². The standard InChI is InChI=1S/C26H21NO4/c1-2-31-26(30)20-10-8-18(9-11-20)16-21-17-24(19-6-4-3-5-7-19)27(25(21)29)22-12-14-23(28)15-13-22/h3-17,28H,2H2,1H3/b21-16+. The van der Waals surface area contributed by atoms with Crippen molar-refractivity contribution in [2.75, 3.05) is 11.5 Å². The van der Waals surface area contributed by atoms with Crippen LogP contribution in [-0.4, -0.2) is 23.6 Å². The van der Waals surface area contributed by atoms with Gasteiger partial charge in [0.1, 0.15) is 5.75 Å². The van der Waals surface area contributed by atoms with Crippen LogP contribution in [0.5, 0.6) is 5.75 Å². The van der Waals surface area contributed by atoms with Crippen LogP contribution in [0.15, 0.2) is 90.5 Å². The van der Waals surface area contributed by atoms with E-state index in [0.29, 0.717) is 23.4 Å². The molecule has 5 nitrogen and oxygen atoms in total. The molecule has 1 aliphatic heterocycles. The molecule has 0 atom stereocenters. The maximum atomic E-state index is 13.3. The molecule has 0 aromatic heterocycles. The van der Waals surface area contributed by atoms with Gasteiger partial charge < -0.3 is 9.84 Å². The third-order valence-electron chi connectivity index (χ3n) is 4.90. The number of nitrogens with zero attached hydrogens (tertiary/aromatic N) is 1. The normalized spacial score (nSPS) is 14.6. The lowest BCUT2D eigenvalue weighted by molar-refractivity contribution is -0.113. The number of benzene rings is 3. The summed E-state index contributed by atoms with van der Waals surface area (Å²) in [5.74, 6) is -0.402. The first kappa shape index (κ1) is 20.2. The molecule has 1 N–H and O–H groups in total. The summed E-state index contributed by atoms with van der Waals surface area (Å²) >= 11 is 0. The summed E-state index contributed by atoms with van der Waals surface area (Å²) in [6.45, 7) is 2.08. The molecule has 3 aromatic carbocycles. The molecule has 1 amide bonds. The van der Waals surface area contributed by atoms with Gasteiger partial charge in [-0.25, -0.2) is 4.79 Å². The van der Waals surface area contributed by atoms with Crippen molar-refractivity contribution in [2.24, 2.45) is 0 Å². The van der Waals surface area contributed by atoms with Crippen molar-refractivity contribution in [3.05, 3.63) is 107 Å². The molecule has 0 saturated heterocycles. The number of esters is 1. The zero-order valence-corrected chi connectivity index (χ0v) is 17.0. The number of ether oxygens (including phenoxy) is 1.